The van der Waals surface area contributed by atoms with E-state index in [0.717, 1.165) is 58.7 Å². The summed E-state index contributed by atoms with van der Waals surface area (Å²) in [5.74, 6) is 8.30. The van der Waals surface area contributed by atoms with E-state index in [1.165, 1.54) is 71.3 Å². The van der Waals surface area contributed by atoms with E-state index in [1.54, 1.807) is 0 Å². The summed E-state index contributed by atoms with van der Waals surface area (Å²) < 4.78 is 2.46. The summed E-state index contributed by atoms with van der Waals surface area (Å²) >= 11 is 4.62. The SMILES string of the molecule is NC(=NC1C2CC3CC(C2)CC1C3)Nc1ccc(I)cc1.NC(=NC1C2CC3CC(C2)CC1C3)Nc1ccc(I)cc1. The lowest BCUT2D eigenvalue weighted by Crippen LogP contribution is -2.48. The van der Waals surface area contributed by atoms with Crippen LogP contribution in [0.4, 0.5) is 11.4 Å². The number of rotatable bonds is 4. The molecule has 224 valence electrons. The van der Waals surface area contributed by atoms with Gasteiger partial charge in [-0.05, 0) is 205 Å². The Hall–Kier alpha value is -1.56. The molecule has 0 saturated heterocycles. The summed E-state index contributed by atoms with van der Waals surface area (Å²) in [5.41, 5.74) is 14.4. The van der Waals surface area contributed by atoms with Crippen LogP contribution in [0.25, 0.3) is 0 Å². The predicted octanol–water partition coefficient (Wildman–Crippen LogP) is 7.69. The zero-order valence-electron chi connectivity index (χ0n) is 24.3. The molecule has 0 atom stereocenters. The number of anilines is 2. The first-order valence-electron chi connectivity index (χ1n) is 16.1. The van der Waals surface area contributed by atoms with E-state index in [-0.39, 0.29) is 0 Å². The van der Waals surface area contributed by atoms with Gasteiger partial charge in [0.25, 0.3) is 0 Å². The number of aliphatic imine (C=N–C) groups is 2. The average molecular weight is 791 g/mol. The molecule has 42 heavy (non-hydrogen) atoms. The topological polar surface area (TPSA) is 101 Å². The molecule has 0 unspecified atom stereocenters. The van der Waals surface area contributed by atoms with Crippen molar-refractivity contribution in [1.82, 2.24) is 0 Å². The minimum absolute atomic E-state index is 0.467. The Bertz CT molecular complexity index is 1150. The van der Waals surface area contributed by atoms with Crippen LogP contribution in [0.5, 0.6) is 0 Å². The van der Waals surface area contributed by atoms with Crippen molar-refractivity contribution in [2.24, 2.45) is 68.8 Å². The van der Waals surface area contributed by atoms with Crippen molar-refractivity contribution in [3.63, 3.8) is 0 Å². The first kappa shape index (κ1) is 29.2. The van der Waals surface area contributed by atoms with Gasteiger partial charge in [0.1, 0.15) is 0 Å². The maximum absolute atomic E-state index is 6.16. The van der Waals surface area contributed by atoms with Gasteiger partial charge in [-0.3, -0.25) is 0 Å². The summed E-state index contributed by atoms with van der Waals surface area (Å²) in [6.45, 7) is 0. The van der Waals surface area contributed by atoms with Gasteiger partial charge in [0, 0.05) is 18.5 Å². The standard InChI is InChI=1S/2C17H22IN3/c2*18-14-1-3-15(4-2-14)20-17(19)21-16-12-6-10-5-11(8-12)9-13(16)7-10/h2*1-4,10-13,16H,5-9H2,(H3,19,20,21). The molecule has 8 bridgehead atoms. The molecule has 0 heterocycles. The smallest absolute Gasteiger partial charge is 0.193 e. The van der Waals surface area contributed by atoms with Crippen molar-refractivity contribution < 1.29 is 0 Å². The van der Waals surface area contributed by atoms with Gasteiger partial charge in [0.2, 0.25) is 0 Å². The maximum atomic E-state index is 6.16. The molecular weight excluding hydrogens is 746 g/mol. The van der Waals surface area contributed by atoms with Gasteiger partial charge in [-0.15, -0.1) is 0 Å². The molecule has 8 aliphatic carbocycles. The molecule has 8 aliphatic rings. The number of hydrogen-bond acceptors (Lipinski definition) is 2. The minimum atomic E-state index is 0.467. The molecule has 0 aromatic heterocycles. The second-order valence-corrected chi connectivity index (χ2v) is 16.6. The highest BCUT2D eigenvalue weighted by Gasteiger charge is 2.49. The molecule has 6 N–H and O–H groups in total. The summed E-state index contributed by atoms with van der Waals surface area (Å²) in [7, 11) is 0. The third-order valence-corrected chi connectivity index (χ3v) is 12.6. The Morgan fingerprint density at radius 2 is 0.786 bits per heavy atom. The number of benzene rings is 2. The van der Waals surface area contributed by atoms with E-state index in [4.69, 9.17) is 21.5 Å². The van der Waals surface area contributed by atoms with Crippen LogP contribution in [0.2, 0.25) is 0 Å². The fourth-order valence-electron chi connectivity index (χ4n) is 9.96. The van der Waals surface area contributed by atoms with Crippen LogP contribution in [-0.2, 0) is 0 Å². The van der Waals surface area contributed by atoms with Crippen LogP contribution >= 0.6 is 45.2 Å². The molecule has 2 aromatic rings. The van der Waals surface area contributed by atoms with E-state index in [1.807, 2.05) is 0 Å². The van der Waals surface area contributed by atoms with Gasteiger partial charge in [-0.25, -0.2) is 9.98 Å². The quantitative estimate of drug-likeness (QED) is 0.145. The van der Waals surface area contributed by atoms with E-state index in [0.29, 0.717) is 24.0 Å². The zero-order valence-corrected chi connectivity index (χ0v) is 28.6. The molecule has 6 nitrogen and oxygen atoms in total. The van der Waals surface area contributed by atoms with Crippen molar-refractivity contribution in [2.45, 2.75) is 76.3 Å². The lowest BCUT2D eigenvalue weighted by molar-refractivity contribution is 0.00121. The molecule has 0 radical (unpaired) electrons. The number of hydrogen-bond donors (Lipinski definition) is 4. The predicted molar refractivity (Wildman–Crippen MR) is 190 cm³/mol. The van der Waals surface area contributed by atoms with Crippen molar-refractivity contribution in [1.29, 1.82) is 0 Å². The van der Waals surface area contributed by atoms with Crippen LogP contribution in [-0.4, -0.2) is 24.0 Å². The van der Waals surface area contributed by atoms with E-state index in [9.17, 15) is 0 Å². The third kappa shape index (κ3) is 6.59. The number of nitrogens with one attached hydrogen (secondary N) is 2. The van der Waals surface area contributed by atoms with Crippen LogP contribution in [0.15, 0.2) is 58.5 Å². The Kier molecular flexibility index (Phi) is 8.64. The van der Waals surface area contributed by atoms with Gasteiger partial charge in [-0.1, -0.05) is 0 Å². The monoisotopic (exact) mass is 790 g/mol. The molecule has 0 amide bonds. The van der Waals surface area contributed by atoms with Crippen LogP contribution < -0.4 is 22.1 Å². The number of nitrogens with zero attached hydrogens (tertiary/aromatic N) is 2. The highest BCUT2D eigenvalue weighted by atomic mass is 127. The van der Waals surface area contributed by atoms with Crippen molar-refractivity contribution in [3.8, 4) is 0 Å². The summed E-state index contributed by atoms with van der Waals surface area (Å²) in [6.07, 6.45) is 14.1. The van der Waals surface area contributed by atoms with Crippen LogP contribution in [0, 0.1) is 54.5 Å². The largest absolute Gasteiger partial charge is 0.370 e. The average Bonchev–Trinajstić information content (AvgIpc) is 2.95. The fourth-order valence-corrected chi connectivity index (χ4v) is 10.7. The van der Waals surface area contributed by atoms with Crippen LogP contribution in [0.3, 0.4) is 0 Å². The lowest BCUT2D eigenvalue weighted by atomic mass is 9.54. The Balaban J connectivity index is 0.000000137. The van der Waals surface area contributed by atoms with Crippen molar-refractivity contribution in [3.05, 3.63) is 55.7 Å². The number of halogens is 2. The fraction of sp³-hybridized carbons (Fsp3) is 0.588. The number of nitrogens with two attached hydrogens (primary N) is 2. The maximum Gasteiger partial charge on any atom is 0.193 e. The Morgan fingerprint density at radius 3 is 1.07 bits per heavy atom. The second-order valence-electron chi connectivity index (χ2n) is 14.1. The molecule has 0 spiro atoms. The first-order chi connectivity index (χ1) is 20.3. The third-order valence-electron chi connectivity index (χ3n) is 11.2. The summed E-state index contributed by atoms with van der Waals surface area (Å²) in [4.78, 5) is 9.75. The van der Waals surface area contributed by atoms with Crippen molar-refractivity contribution >= 4 is 68.5 Å². The highest BCUT2D eigenvalue weighted by molar-refractivity contribution is 14.1. The molecule has 10 rings (SSSR count). The van der Waals surface area contributed by atoms with Crippen LogP contribution in [0.1, 0.15) is 64.2 Å². The summed E-state index contributed by atoms with van der Waals surface area (Å²) in [5, 5.41) is 6.51. The minimum Gasteiger partial charge on any atom is -0.370 e. The first-order valence-corrected chi connectivity index (χ1v) is 18.2. The normalized spacial score (nSPS) is 37.8. The molecule has 2 aromatic carbocycles. The zero-order chi connectivity index (χ0) is 28.8. The Labute approximate surface area is 278 Å². The van der Waals surface area contributed by atoms with Gasteiger partial charge >= 0.3 is 0 Å². The van der Waals surface area contributed by atoms with Crippen molar-refractivity contribution in [2.75, 3.05) is 10.6 Å². The summed E-state index contributed by atoms with van der Waals surface area (Å²) in [6, 6.07) is 17.5. The van der Waals surface area contributed by atoms with Gasteiger partial charge in [-0.2, -0.15) is 0 Å². The van der Waals surface area contributed by atoms with E-state index < -0.39 is 0 Å². The lowest BCUT2D eigenvalue weighted by Gasteiger charge is -2.53. The molecule has 8 saturated carbocycles. The molecule has 8 fully saturated rings. The van der Waals surface area contributed by atoms with Gasteiger partial charge < -0.3 is 22.1 Å². The molecular formula is C34H44I2N6. The van der Waals surface area contributed by atoms with Gasteiger partial charge in [0.05, 0.1) is 12.1 Å². The van der Waals surface area contributed by atoms with E-state index in [2.05, 4.69) is 104 Å². The Morgan fingerprint density at radius 1 is 0.500 bits per heavy atom. The molecule has 8 heteroatoms. The van der Waals surface area contributed by atoms with E-state index >= 15 is 0 Å². The highest BCUT2D eigenvalue weighted by Crippen LogP contribution is 2.55. The molecule has 0 aliphatic heterocycles. The van der Waals surface area contributed by atoms with Gasteiger partial charge in [0.15, 0.2) is 11.9 Å². The number of guanidine groups is 2. The second kappa shape index (κ2) is 12.4.